The molecule has 0 aliphatic rings. The van der Waals surface area contributed by atoms with Crippen molar-refractivity contribution in [2.24, 2.45) is 5.92 Å². The molecule has 120 valence electrons. The fourth-order valence-electron chi connectivity index (χ4n) is 2.41. The van der Waals surface area contributed by atoms with Crippen LogP contribution in [0.3, 0.4) is 0 Å². The summed E-state index contributed by atoms with van der Waals surface area (Å²) < 4.78 is 0. The van der Waals surface area contributed by atoms with Crippen molar-refractivity contribution in [1.29, 1.82) is 0 Å². The van der Waals surface area contributed by atoms with E-state index in [9.17, 15) is 14.9 Å². The Morgan fingerprint density at radius 1 is 1.35 bits per heavy atom. The summed E-state index contributed by atoms with van der Waals surface area (Å²) in [5, 5.41) is 10.8. The molecule has 0 atom stereocenters. The summed E-state index contributed by atoms with van der Waals surface area (Å²) in [4.78, 5) is 26.8. The molecule has 1 aromatic carbocycles. The maximum absolute atomic E-state index is 12.3. The Morgan fingerprint density at radius 2 is 2.04 bits per heavy atom. The summed E-state index contributed by atoms with van der Waals surface area (Å²) in [5.41, 5.74) is 8.51. The minimum Gasteiger partial charge on any atom is -0.383 e. The molecule has 0 amide bonds. The number of benzene rings is 1. The van der Waals surface area contributed by atoms with Gasteiger partial charge in [0.1, 0.15) is 5.82 Å². The number of anilines is 1. The smallest absolute Gasteiger partial charge is 0.269 e. The van der Waals surface area contributed by atoms with Gasteiger partial charge in [0.2, 0.25) is 0 Å². The van der Waals surface area contributed by atoms with E-state index < -0.39 is 4.92 Å². The van der Waals surface area contributed by atoms with Gasteiger partial charge in [-0.05, 0) is 36.1 Å². The molecule has 1 aromatic heterocycles. The maximum atomic E-state index is 12.3. The van der Waals surface area contributed by atoms with Crippen LogP contribution in [0.15, 0.2) is 30.5 Å². The van der Waals surface area contributed by atoms with Crippen molar-refractivity contribution in [2.75, 3.05) is 5.73 Å². The maximum Gasteiger partial charge on any atom is 0.269 e. The first-order valence-electron chi connectivity index (χ1n) is 7.33. The summed E-state index contributed by atoms with van der Waals surface area (Å²) in [6, 6.07) is 6.31. The summed E-state index contributed by atoms with van der Waals surface area (Å²) >= 11 is 0. The lowest BCUT2D eigenvalue weighted by Gasteiger charge is -2.10. The number of non-ortho nitro benzene ring substituents is 1. The lowest BCUT2D eigenvalue weighted by molar-refractivity contribution is -0.384. The molecule has 0 saturated carbocycles. The van der Waals surface area contributed by atoms with Crippen LogP contribution in [0.4, 0.5) is 11.5 Å². The minimum atomic E-state index is -0.435. The second-order valence-corrected chi connectivity index (χ2v) is 5.93. The highest BCUT2D eigenvalue weighted by atomic mass is 16.6. The number of nitrogens with two attached hydrogens (primary N) is 1. The average Bonchev–Trinajstić information content (AvgIpc) is 2.47. The van der Waals surface area contributed by atoms with Crippen molar-refractivity contribution >= 4 is 17.3 Å². The summed E-state index contributed by atoms with van der Waals surface area (Å²) in [7, 11) is 0. The molecule has 2 N–H and O–H groups in total. The summed E-state index contributed by atoms with van der Waals surface area (Å²) in [6.45, 7) is 5.71. The van der Waals surface area contributed by atoms with Gasteiger partial charge in [0.05, 0.1) is 10.5 Å². The Morgan fingerprint density at radius 3 is 2.61 bits per heavy atom. The number of Topliss-reactive ketones (excluding diaryl/α,β-unsaturated/α-hetero) is 1. The molecule has 1 heterocycles. The van der Waals surface area contributed by atoms with Gasteiger partial charge in [-0.1, -0.05) is 13.8 Å². The van der Waals surface area contributed by atoms with Crippen molar-refractivity contribution in [1.82, 2.24) is 4.98 Å². The third-order valence-electron chi connectivity index (χ3n) is 3.54. The van der Waals surface area contributed by atoms with Gasteiger partial charge in [-0.3, -0.25) is 14.9 Å². The van der Waals surface area contributed by atoms with E-state index in [4.69, 9.17) is 5.73 Å². The van der Waals surface area contributed by atoms with E-state index in [1.54, 1.807) is 25.3 Å². The second kappa shape index (κ2) is 6.56. The number of rotatable bonds is 5. The van der Waals surface area contributed by atoms with Gasteiger partial charge in [0.15, 0.2) is 5.78 Å². The molecule has 6 heteroatoms. The van der Waals surface area contributed by atoms with E-state index in [0.29, 0.717) is 12.0 Å². The van der Waals surface area contributed by atoms with E-state index in [0.717, 1.165) is 16.7 Å². The Labute approximate surface area is 134 Å². The Balaban J connectivity index is 2.45. The summed E-state index contributed by atoms with van der Waals surface area (Å²) in [5.74, 6) is 0.386. The van der Waals surface area contributed by atoms with Crippen LogP contribution in [0.1, 0.15) is 36.2 Å². The molecule has 0 fully saturated rings. The first-order chi connectivity index (χ1) is 10.8. The zero-order chi connectivity index (χ0) is 17.1. The molecule has 0 unspecified atom stereocenters. The van der Waals surface area contributed by atoms with Crippen LogP contribution in [-0.4, -0.2) is 15.7 Å². The number of aromatic nitrogens is 1. The van der Waals surface area contributed by atoms with Crippen LogP contribution in [0.5, 0.6) is 0 Å². The Bertz CT molecular complexity index is 770. The second-order valence-electron chi connectivity index (χ2n) is 5.93. The topological polar surface area (TPSA) is 99.1 Å². The molecule has 0 radical (unpaired) electrons. The average molecular weight is 313 g/mol. The number of aryl methyl sites for hydroxylation is 1. The highest BCUT2D eigenvalue weighted by Gasteiger charge is 2.16. The normalized spacial score (nSPS) is 10.8. The van der Waals surface area contributed by atoms with Gasteiger partial charge in [0.25, 0.3) is 5.69 Å². The SMILES string of the molecule is Cc1cc([N+](=O)[O-])ccc1-c1cnc(N)c(C(=O)CC(C)C)c1. The number of hydrogen-bond donors (Lipinski definition) is 1. The number of carbonyl (C=O) groups is 1. The van der Waals surface area contributed by atoms with Crippen molar-refractivity contribution in [3.05, 3.63) is 51.7 Å². The quantitative estimate of drug-likeness (QED) is 0.514. The number of ketones is 1. The monoisotopic (exact) mass is 313 g/mol. The number of nitro groups is 1. The largest absolute Gasteiger partial charge is 0.383 e. The molecule has 23 heavy (non-hydrogen) atoms. The van der Waals surface area contributed by atoms with Crippen LogP contribution in [0, 0.1) is 23.0 Å². The minimum absolute atomic E-state index is 0.0331. The fraction of sp³-hybridized carbons (Fsp3) is 0.294. The van der Waals surface area contributed by atoms with Crippen LogP contribution in [-0.2, 0) is 0 Å². The summed E-state index contributed by atoms with van der Waals surface area (Å²) in [6.07, 6.45) is 1.98. The first kappa shape index (κ1) is 16.6. The standard InChI is InChI=1S/C17H19N3O3/c1-10(2)6-16(21)15-8-12(9-19-17(15)18)14-5-4-13(20(22)23)7-11(14)3/h4-5,7-10H,6H2,1-3H3,(H2,18,19). The number of pyridine rings is 1. The third kappa shape index (κ3) is 3.71. The fourth-order valence-corrected chi connectivity index (χ4v) is 2.41. The van der Waals surface area contributed by atoms with Crippen molar-refractivity contribution in [2.45, 2.75) is 27.2 Å². The van der Waals surface area contributed by atoms with E-state index in [1.165, 1.54) is 12.1 Å². The Hall–Kier alpha value is -2.76. The Kier molecular flexibility index (Phi) is 4.74. The lowest BCUT2D eigenvalue weighted by Crippen LogP contribution is -2.08. The van der Waals surface area contributed by atoms with E-state index in [-0.39, 0.29) is 23.2 Å². The molecule has 6 nitrogen and oxygen atoms in total. The lowest BCUT2D eigenvalue weighted by atomic mass is 9.96. The zero-order valence-corrected chi connectivity index (χ0v) is 13.4. The molecule has 0 aliphatic heterocycles. The first-order valence-corrected chi connectivity index (χ1v) is 7.33. The molecule has 0 saturated heterocycles. The van der Waals surface area contributed by atoms with Crippen LogP contribution < -0.4 is 5.73 Å². The van der Waals surface area contributed by atoms with E-state index in [2.05, 4.69) is 4.98 Å². The van der Waals surface area contributed by atoms with Crippen LogP contribution in [0.2, 0.25) is 0 Å². The number of nitro benzene ring substituents is 1. The van der Waals surface area contributed by atoms with Crippen molar-refractivity contribution in [3.8, 4) is 11.1 Å². The van der Waals surface area contributed by atoms with Crippen molar-refractivity contribution in [3.63, 3.8) is 0 Å². The molecule has 0 bridgehead atoms. The van der Waals surface area contributed by atoms with Gasteiger partial charge in [-0.15, -0.1) is 0 Å². The molecule has 2 rings (SSSR count). The van der Waals surface area contributed by atoms with Gasteiger partial charge < -0.3 is 5.73 Å². The number of hydrogen-bond acceptors (Lipinski definition) is 5. The molecule has 0 aliphatic carbocycles. The number of nitrogen functional groups attached to an aromatic ring is 1. The third-order valence-corrected chi connectivity index (χ3v) is 3.54. The highest BCUT2D eigenvalue weighted by molar-refractivity contribution is 6.01. The number of nitrogens with zero attached hydrogens (tertiary/aromatic N) is 2. The predicted octanol–water partition coefficient (Wildman–Crippen LogP) is 3.78. The van der Waals surface area contributed by atoms with E-state index >= 15 is 0 Å². The van der Waals surface area contributed by atoms with Gasteiger partial charge in [-0.25, -0.2) is 4.98 Å². The molecular formula is C17H19N3O3. The van der Waals surface area contributed by atoms with Gasteiger partial charge in [-0.2, -0.15) is 0 Å². The molecule has 0 spiro atoms. The number of carbonyl (C=O) groups excluding carboxylic acids is 1. The van der Waals surface area contributed by atoms with E-state index in [1.807, 2.05) is 13.8 Å². The molecular weight excluding hydrogens is 294 g/mol. The highest BCUT2D eigenvalue weighted by Crippen LogP contribution is 2.28. The molecule has 2 aromatic rings. The van der Waals surface area contributed by atoms with Crippen molar-refractivity contribution < 1.29 is 9.72 Å². The van der Waals surface area contributed by atoms with Crippen LogP contribution >= 0.6 is 0 Å². The van der Waals surface area contributed by atoms with Crippen LogP contribution in [0.25, 0.3) is 11.1 Å². The van der Waals surface area contributed by atoms with Gasteiger partial charge >= 0.3 is 0 Å². The van der Waals surface area contributed by atoms with Gasteiger partial charge in [0, 0.05) is 30.3 Å². The predicted molar refractivity (Wildman–Crippen MR) is 89.3 cm³/mol. The zero-order valence-electron chi connectivity index (χ0n) is 13.4.